The molecule has 0 aromatic heterocycles. The monoisotopic (exact) mass is 340 g/mol. The van der Waals surface area contributed by atoms with Crippen LogP contribution in [0.3, 0.4) is 0 Å². The van der Waals surface area contributed by atoms with Gasteiger partial charge in [0.05, 0.1) is 0 Å². The third-order valence-corrected chi connectivity index (χ3v) is 5.52. The molecule has 2 aromatic rings. The molecule has 2 atom stereocenters. The van der Waals surface area contributed by atoms with Gasteiger partial charge in [-0.3, -0.25) is 9.80 Å². The lowest BCUT2D eigenvalue weighted by atomic mass is 9.94. The molecular weight excluding hydrogens is 315 g/mol. The molecule has 25 heavy (non-hydrogen) atoms. The number of hydrogen-bond donors (Lipinski definition) is 1. The summed E-state index contributed by atoms with van der Waals surface area (Å²) >= 11 is 0. The number of piperidine rings is 1. The molecule has 4 heteroatoms. The Hall–Kier alpha value is -1.91. The molecule has 0 saturated carbocycles. The van der Waals surface area contributed by atoms with E-state index in [4.69, 9.17) is 0 Å². The molecular formula is C21H25FN2O. The first-order valence-corrected chi connectivity index (χ1v) is 9.14. The molecule has 132 valence electrons. The lowest BCUT2D eigenvalue weighted by molar-refractivity contribution is 0.123. The Kier molecular flexibility index (Phi) is 4.73. The largest absolute Gasteiger partial charge is 0.508 e. The van der Waals surface area contributed by atoms with Crippen molar-refractivity contribution in [3.63, 3.8) is 0 Å². The third-order valence-electron chi connectivity index (χ3n) is 5.52. The van der Waals surface area contributed by atoms with E-state index in [9.17, 15) is 9.50 Å². The molecule has 5 rings (SSSR count). The Morgan fingerprint density at radius 1 is 0.920 bits per heavy atom. The summed E-state index contributed by atoms with van der Waals surface area (Å²) in [6, 6.07) is 15.1. The number of phenols is 1. The Morgan fingerprint density at radius 2 is 1.76 bits per heavy atom. The van der Waals surface area contributed by atoms with E-state index >= 15 is 0 Å². The molecule has 1 N–H and O–H groups in total. The number of rotatable bonds is 4. The lowest BCUT2D eigenvalue weighted by Crippen LogP contribution is -2.43. The van der Waals surface area contributed by atoms with Gasteiger partial charge in [-0.1, -0.05) is 24.3 Å². The van der Waals surface area contributed by atoms with Crippen LogP contribution in [0.5, 0.6) is 5.75 Å². The maximum absolute atomic E-state index is 13.1. The molecule has 2 bridgehead atoms. The highest BCUT2D eigenvalue weighted by Crippen LogP contribution is 2.30. The summed E-state index contributed by atoms with van der Waals surface area (Å²) < 4.78 is 13.1. The van der Waals surface area contributed by atoms with Crippen molar-refractivity contribution in [3.05, 3.63) is 65.5 Å². The maximum Gasteiger partial charge on any atom is 0.123 e. The highest BCUT2D eigenvalue weighted by atomic mass is 19.1. The number of benzene rings is 2. The highest BCUT2D eigenvalue weighted by molar-refractivity contribution is 5.27. The zero-order valence-electron chi connectivity index (χ0n) is 14.4. The van der Waals surface area contributed by atoms with Crippen LogP contribution in [0.1, 0.15) is 24.0 Å². The Labute approximate surface area is 148 Å². The Bertz CT molecular complexity index is 718. The van der Waals surface area contributed by atoms with Crippen LogP contribution in [0.4, 0.5) is 4.39 Å². The number of nitrogens with zero attached hydrogens (tertiary/aromatic N) is 2. The number of fused-ring (bicyclic) bond motifs is 4. The zero-order valence-corrected chi connectivity index (χ0v) is 14.4. The fraction of sp³-hybridized carbons (Fsp3) is 0.429. The van der Waals surface area contributed by atoms with Crippen molar-refractivity contribution in [1.29, 1.82) is 0 Å². The van der Waals surface area contributed by atoms with Gasteiger partial charge in [0.25, 0.3) is 0 Å². The summed E-state index contributed by atoms with van der Waals surface area (Å²) in [4.78, 5) is 5.10. The fourth-order valence-electron chi connectivity index (χ4n) is 4.34. The van der Waals surface area contributed by atoms with E-state index in [2.05, 4.69) is 15.9 Å². The summed E-state index contributed by atoms with van der Waals surface area (Å²) in [6.45, 7) is 5.10. The van der Waals surface area contributed by atoms with Crippen LogP contribution >= 0.6 is 0 Å². The topological polar surface area (TPSA) is 26.7 Å². The first-order chi connectivity index (χ1) is 12.2. The molecule has 0 spiro atoms. The molecule has 3 saturated heterocycles. The van der Waals surface area contributed by atoms with Crippen LogP contribution in [0.25, 0.3) is 0 Å². The quantitative estimate of drug-likeness (QED) is 0.921. The summed E-state index contributed by atoms with van der Waals surface area (Å²) in [6.07, 6.45) is 2.53. The molecule has 3 aliphatic heterocycles. The first-order valence-electron chi connectivity index (χ1n) is 9.14. The third kappa shape index (κ3) is 4.02. The lowest BCUT2D eigenvalue weighted by Gasteiger charge is -2.36. The highest BCUT2D eigenvalue weighted by Gasteiger charge is 2.34. The minimum absolute atomic E-state index is 0.169. The van der Waals surface area contributed by atoms with Gasteiger partial charge < -0.3 is 5.11 Å². The second-order valence-electron chi connectivity index (χ2n) is 7.52. The summed E-state index contributed by atoms with van der Waals surface area (Å²) in [7, 11) is 0. The maximum atomic E-state index is 13.1. The van der Waals surface area contributed by atoms with Crippen molar-refractivity contribution in [3.8, 4) is 5.75 Å². The molecule has 3 nitrogen and oxygen atoms in total. The van der Waals surface area contributed by atoms with Crippen molar-refractivity contribution in [1.82, 2.24) is 9.80 Å². The van der Waals surface area contributed by atoms with Gasteiger partial charge >= 0.3 is 0 Å². The van der Waals surface area contributed by atoms with Crippen molar-refractivity contribution in [2.75, 3.05) is 19.6 Å². The molecule has 3 heterocycles. The van der Waals surface area contributed by atoms with Gasteiger partial charge in [0.2, 0.25) is 0 Å². The van der Waals surface area contributed by atoms with Crippen LogP contribution in [0.2, 0.25) is 0 Å². The van der Waals surface area contributed by atoms with Crippen molar-refractivity contribution < 1.29 is 9.50 Å². The minimum Gasteiger partial charge on any atom is -0.508 e. The second kappa shape index (κ2) is 7.14. The molecule has 3 aliphatic rings. The van der Waals surface area contributed by atoms with E-state index in [0.29, 0.717) is 17.7 Å². The average Bonchev–Trinajstić information content (AvgIpc) is 2.87. The number of phenolic OH excluding ortho intramolecular Hbond substituents is 1. The Morgan fingerprint density at radius 3 is 2.56 bits per heavy atom. The van der Waals surface area contributed by atoms with Gasteiger partial charge in [-0.2, -0.15) is 0 Å². The van der Waals surface area contributed by atoms with E-state index in [1.165, 1.54) is 24.0 Å². The normalized spacial score (nSPS) is 24.4. The molecule has 2 aromatic carbocycles. The van der Waals surface area contributed by atoms with E-state index in [-0.39, 0.29) is 5.82 Å². The van der Waals surface area contributed by atoms with Crippen LogP contribution in [-0.4, -0.2) is 40.6 Å². The SMILES string of the molecule is Oc1cccc(CN2C[C@@H]3CC[C@H]2CN(Cc2ccc(F)cc2)C3)c1. The van der Waals surface area contributed by atoms with Gasteiger partial charge in [0, 0.05) is 38.8 Å². The van der Waals surface area contributed by atoms with E-state index in [0.717, 1.165) is 32.7 Å². The van der Waals surface area contributed by atoms with Crippen LogP contribution < -0.4 is 0 Å². The number of hydrogen-bond acceptors (Lipinski definition) is 3. The average molecular weight is 340 g/mol. The molecule has 0 amide bonds. The van der Waals surface area contributed by atoms with Crippen LogP contribution in [0.15, 0.2) is 48.5 Å². The molecule has 0 radical (unpaired) electrons. The van der Waals surface area contributed by atoms with Gasteiger partial charge in [-0.25, -0.2) is 4.39 Å². The first kappa shape index (κ1) is 16.6. The summed E-state index contributed by atoms with van der Waals surface area (Å²) in [5.74, 6) is 0.865. The van der Waals surface area contributed by atoms with Crippen molar-refractivity contribution in [2.24, 2.45) is 5.92 Å². The summed E-state index contributed by atoms with van der Waals surface area (Å²) in [5.41, 5.74) is 2.36. The predicted octanol–water partition coefficient (Wildman–Crippen LogP) is 3.63. The van der Waals surface area contributed by atoms with Gasteiger partial charge in [-0.15, -0.1) is 0 Å². The van der Waals surface area contributed by atoms with E-state index in [1.807, 2.05) is 24.3 Å². The molecule has 3 fully saturated rings. The van der Waals surface area contributed by atoms with Crippen LogP contribution in [-0.2, 0) is 13.1 Å². The standard InChI is InChI=1S/C21H25FN2O/c22-19-7-4-16(5-8-19)11-23-12-18-6-9-20(15-23)24(14-18)13-17-2-1-3-21(25)10-17/h1-5,7-8,10,18,20,25H,6,9,11-15H2/t18-,20+/m1/s1. The van der Waals surface area contributed by atoms with Crippen molar-refractivity contribution in [2.45, 2.75) is 32.0 Å². The van der Waals surface area contributed by atoms with Gasteiger partial charge in [0.15, 0.2) is 0 Å². The fourth-order valence-corrected chi connectivity index (χ4v) is 4.34. The second-order valence-corrected chi connectivity index (χ2v) is 7.52. The van der Waals surface area contributed by atoms with Gasteiger partial charge in [-0.05, 0) is 54.2 Å². The Balaban J connectivity index is 1.44. The zero-order chi connectivity index (χ0) is 17.2. The molecule has 0 aliphatic carbocycles. The predicted molar refractivity (Wildman–Crippen MR) is 96.7 cm³/mol. The van der Waals surface area contributed by atoms with Crippen molar-refractivity contribution >= 4 is 0 Å². The minimum atomic E-state index is -0.169. The van der Waals surface area contributed by atoms with E-state index < -0.39 is 0 Å². The number of halogens is 1. The van der Waals surface area contributed by atoms with Crippen LogP contribution in [0, 0.1) is 11.7 Å². The summed E-state index contributed by atoms with van der Waals surface area (Å²) in [5, 5.41) is 9.70. The molecule has 0 unspecified atom stereocenters. The number of aromatic hydroxyl groups is 1. The smallest absolute Gasteiger partial charge is 0.123 e. The van der Waals surface area contributed by atoms with E-state index in [1.54, 1.807) is 18.2 Å². The van der Waals surface area contributed by atoms with Gasteiger partial charge in [0.1, 0.15) is 11.6 Å².